The van der Waals surface area contributed by atoms with Crippen molar-refractivity contribution in [3.05, 3.63) is 49.9 Å². The van der Waals surface area contributed by atoms with Gasteiger partial charge in [-0.3, -0.25) is 0 Å². The molecule has 0 aliphatic heterocycles. The predicted octanol–water partition coefficient (Wildman–Crippen LogP) is 4.63. The second-order valence-corrected chi connectivity index (χ2v) is 8.09. The number of thiazole rings is 1. The maximum atomic E-state index is 4.98. The van der Waals surface area contributed by atoms with Gasteiger partial charge in [0.1, 0.15) is 5.01 Å². The van der Waals surface area contributed by atoms with E-state index in [1.807, 2.05) is 11.3 Å². The largest absolute Gasteiger partial charge is 0.301 e. The zero-order valence-electron chi connectivity index (χ0n) is 11.9. The highest BCUT2D eigenvalue weighted by Crippen LogP contribution is 2.35. The van der Waals surface area contributed by atoms with Crippen molar-refractivity contribution in [1.82, 2.24) is 10.3 Å². The first kappa shape index (κ1) is 13.9. The van der Waals surface area contributed by atoms with Crippen LogP contribution in [0.25, 0.3) is 0 Å². The summed E-state index contributed by atoms with van der Waals surface area (Å²) in [5, 5.41) is 5.04. The first-order chi connectivity index (χ1) is 10.3. The zero-order chi connectivity index (χ0) is 14.2. The second-order valence-electron chi connectivity index (χ2n) is 6.06. The number of nitrogens with one attached hydrogen (secondary N) is 1. The Labute approximate surface area is 138 Å². The molecule has 1 aromatic heterocycles. The number of aryl methyl sites for hydroxylation is 2. The Morgan fingerprint density at radius 2 is 2.10 bits per heavy atom. The average molecular weight is 363 g/mol. The molecule has 2 aliphatic carbocycles. The highest BCUT2D eigenvalue weighted by Gasteiger charge is 2.29. The molecule has 0 saturated heterocycles. The third kappa shape index (κ3) is 3.08. The minimum Gasteiger partial charge on any atom is -0.301 e. The van der Waals surface area contributed by atoms with Gasteiger partial charge in [-0.05, 0) is 56.2 Å². The number of nitrogens with zero attached hydrogens (tertiary/aromatic N) is 1. The first-order valence-corrected chi connectivity index (χ1v) is 9.40. The summed E-state index contributed by atoms with van der Waals surface area (Å²) in [7, 11) is 0. The van der Waals surface area contributed by atoms with E-state index in [-0.39, 0.29) is 6.04 Å². The number of fused-ring (bicyclic) bond motifs is 1. The summed E-state index contributed by atoms with van der Waals surface area (Å²) in [6.07, 6.45) is 7.62. The number of benzene rings is 1. The van der Waals surface area contributed by atoms with E-state index in [2.05, 4.69) is 45.5 Å². The lowest BCUT2D eigenvalue weighted by atomic mass is 10.0. The fourth-order valence-corrected chi connectivity index (χ4v) is 4.64. The number of aromatic nitrogens is 1. The molecule has 2 aromatic rings. The fourth-order valence-electron chi connectivity index (χ4n) is 2.98. The third-order valence-electron chi connectivity index (χ3n) is 4.27. The van der Waals surface area contributed by atoms with E-state index >= 15 is 0 Å². The molecular weight excluding hydrogens is 344 g/mol. The van der Waals surface area contributed by atoms with E-state index in [1.165, 1.54) is 59.7 Å². The summed E-state index contributed by atoms with van der Waals surface area (Å²) in [5.41, 5.74) is 2.68. The van der Waals surface area contributed by atoms with Crippen LogP contribution in [0.4, 0.5) is 0 Å². The second kappa shape index (κ2) is 5.82. The molecule has 1 heterocycles. The topological polar surface area (TPSA) is 24.9 Å². The minimum absolute atomic E-state index is 0.255. The highest BCUT2D eigenvalue weighted by molar-refractivity contribution is 9.10. The van der Waals surface area contributed by atoms with Crippen molar-refractivity contribution in [2.75, 3.05) is 0 Å². The maximum Gasteiger partial charge on any atom is 0.115 e. The van der Waals surface area contributed by atoms with E-state index in [0.717, 1.165) is 4.47 Å². The van der Waals surface area contributed by atoms with Crippen molar-refractivity contribution < 1.29 is 0 Å². The van der Waals surface area contributed by atoms with E-state index in [0.29, 0.717) is 6.04 Å². The molecule has 4 heteroatoms. The molecule has 1 aromatic carbocycles. The van der Waals surface area contributed by atoms with Crippen molar-refractivity contribution in [1.29, 1.82) is 0 Å². The molecule has 2 aliphatic rings. The lowest BCUT2D eigenvalue weighted by molar-refractivity contribution is 0.594. The Kier molecular flexibility index (Phi) is 3.86. The first-order valence-electron chi connectivity index (χ1n) is 7.79. The Balaban J connectivity index is 1.69. The molecule has 1 N–H and O–H groups in total. The predicted molar refractivity (Wildman–Crippen MR) is 90.9 cm³/mol. The molecule has 0 bridgehead atoms. The summed E-state index contributed by atoms with van der Waals surface area (Å²) in [5.74, 6) is 0. The molecule has 4 rings (SSSR count). The van der Waals surface area contributed by atoms with Crippen molar-refractivity contribution in [3.8, 4) is 0 Å². The van der Waals surface area contributed by atoms with Gasteiger partial charge in [0.05, 0.1) is 11.7 Å². The quantitative estimate of drug-likeness (QED) is 0.857. The highest BCUT2D eigenvalue weighted by atomic mass is 79.9. The Morgan fingerprint density at radius 1 is 1.24 bits per heavy atom. The molecule has 0 radical (unpaired) electrons. The van der Waals surface area contributed by atoms with E-state index in [1.54, 1.807) is 0 Å². The van der Waals surface area contributed by atoms with Crippen LogP contribution in [-0.4, -0.2) is 11.0 Å². The van der Waals surface area contributed by atoms with Crippen molar-refractivity contribution in [3.63, 3.8) is 0 Å². The molecule has 0 spiro atoms. The number of hydrogen-bond acceptors (Lipinski definition) is 3. The molecule has 1 saturated carbocycles. The van der Waals surface area contributed by atoms with Gasteiger partial charge in [0.15, 0.2) is 0 Å². The normalized spacial score (nSPS) is 19.3. The van der Waals surface area contributed by atoms with Crippen LogP contribution < -0.4 is 5.32 Å². The van der Waals surface area contributed by atoms with Crippen molar-refractivity contribution >= 4 is 27.3 Å². The lowest BCUT2D eigenvalue weighted by Crippen LogP contribution is -2.24. The van der Waals surface area contributed by atoms with Gasteiger partial charge in [0, 0.05) is 15.4 Å². The monoisotopic (exact) mass is 362 g/mol. The molecule has 2 nitrogen and oxygen atoms in total. The standard InChI is InChI=1S/C17H19BrN2S/c18-12-5-3-4-11(10-12)16(19-13-8-9-13)17-20-14-6-1-2-7-15(14)21-17/h3-5,10,13,16,19H,1-2,6-9H2. The number of halogens is 1. The van der Waals surface area contributed by atoms with Crippen LogP contribution in [0.2, 0.25) is 0 Å². The van der Waals surface area contributed by atoms with E-state index < -0.39 is 0 Å². The fraction of sp³-hybridized carbons (Fsp3) is 0.471. The third-order valence-corrected chi connectivity index (χ3v) is 5.99. The summed E-state index contributed by atoms with van der Waals surface area (Å²) < 4.78 is 1.14. The lowest BCUT2D eigenvalue weighted by Gasteiger charge is -2.17. The number of hydrogen-bond donors (Lipinski definition) is 1. The minimum atomic E-state index is 0.255. The van der Waals surface area contributed by atoms with Gasteiger partial charge in [-0.2, -0.15) is 0 Å². The van der Waals surface area contributed by atoms with Gasteiger partial charge in [-0.1, -0.05) is 28.1 Å². The van der Waals surface area contributed by atoms with Crippen LogP contribution in [0, 0.1) is 0 Å². The molecule has 1 unspecified atom stereocenters. The van der Waals surface area contributed by atoms with Crippen LogP contribution >= 0.6 is 27.3 Å². The molecule has 1 atom stereocenters. The average Bonchev–Trinajstić information content (AvgIpc) is 3.21. The molecular formula is C17H19BrN2S. The van der Waals surface area contributed by atoms with E-state index in [4.69, 9.17) is 4.98 Å². The van der Waals surface area contributed by atoms with Gasteiger partial charge < -0.3 is 5.32 Å². The van der Waals surface area contributed by atoms with Crippen LogP contribution in [0.1, 0.15) is 52.9 Å². The van der Waals surface area contributed by atoms with Crippen LogP contribution in [0.15, 0.2) is 28.7 Å². The smallest absolute Gasteiger partial charge is 0.115 e. The molecule has 1 fully saturated rings. The molecule has 21 heavy (non-hydrogen) atoms. The number of rotatable bonds is 4. The zero-order valence-corrected chi connectivity index (χ0v) is 14.3. The van der Waals surface area contributed by atoms with Gasteiger partial charge >= 0.3 is 0 Å². The van der Waals surface area contributed by atoms with Gasteiger partial charge in [-0.15, -0.1) is 11.3 Å². The van der Waals surface area contributed by atoms with Crippen LogP contribution in [0.3, 0.4) is 0 Å². The van der Waals surface area contributed by atoms with Gasteiger partial charge in [-0.25, -0.2) is 4.98 Å². The van der Waals surface area contributed by atoms with Gasteiger partial charge in [0.2, 0.25) is 0 Å². The molecule has 0 amide bonds. The summed E-state index contributed by atoms with van der Waals surface area (Å²) >= 11 is 5.52. The van der Waals surface area contributed by atoms with Gasteiger partial charge in [0.25, 0.3) is 0 Å². The summed E-state index contributed by atoms with van der Waals surface area (Å²) in [4.78, 5) is 6.50. The maximum absolute atomic E-state index is 4.98. The van der Waals surface area contributed by atoms with Crippen LogP contribution in [-0.2, 0) is 12.8 Å². The summed E-state index contributed by atoms with van der Waals surface area (Å²) in [6.45, 7) is 0. The Hall–Kier alpha value is -0.710. The molecule has 110 valence electrons. The SMILES string of the molecule is Brc1cccc(C(NC2CC2)c2nc3c(s2)CCCC3)c1. The van der Waals surface area contributed by atoms with E-state index in [9.17, 15) is 0 Å². The Morgan fingerprint density at radius 3 is 2.86 bits per heavy atom. The summed E-state index contributed by atoms with van der Waals surface area (Å²) in [6, 6.07) is 9.57. The van der Waals surface area contributed by atoms with Crippen molar-refractivity contribution in [2.45, 2.75) is 50.6 Å². The van der Waals surface area contributed by atoms with Crippen LogP contribution in [0.5, 0.6) is 0 Å². The Bertz CT molecular complexity index is 624. The van der Waals surface area contributed by atoms with Crippen molar-refractivity contribution in [2.24, 2.45) is 0 Å².